The summed E-state index contributed by atoms with van der Waals surface area (Å²) in [6.07, 6.45) is 13.4. The van der Waals surface area contributed by atoms with Crippen molar-refractivity contribution in [2.24, 2.45) is 5.92 Å². The van der Waals surface area contributed by atoms with Crippen molar-refractivity contribution in [3.63, 3.8) is 0 Å². The first kappa shape index (κ1) is 15.7. The Morgan fingerprint density at radius 2 is 1.94 bits per heavy atom. The van der Waals surface area contributed by atoms with Crippen LogP contribution in [-0.4, -0.2) is 4.21 Å². The standard InChI is InChI=1S/C9H13.C5H5.CH2.Zr/c1-6-5-7(2)9(4)8(6)3;1-2-4-5-3-1;;/h6H,1-4H3;1-3H,4H2;1H2;/q2*-1;;+2. The predicted octanol–water partition coefficient (Wildman–Crippen LogP) is 3.99. The van der Waals surface area contributed by atoms with Crippen molar-refractivity contribution >= 4 is 4.21 Å². The number of allylic oxidation sites excluding steroid dienone is 8. The Labute approximate surface area is 115 Å². The van der Waals surface area contributed by atoms with E-state index in [9.17, 15) is 0 Å². The Morgan fingerprint density at radius 1 is 1.31 bits per heavy atom. The molecule has 2 rings (SSSR count). The fourth-order valence-electron chi connectivity index (χ4n) is 1.50. The van der Waals surface area contributed by atoms with Crippen LogP contribution in [0.2, 0.25) is 0 Å². The molecule has 0 aromatic rings. The SMILES string of the molecule is CC1=[C-]C(C)C(C)=C1C.[C-]1=CC=CC1.[CH2]=[Zr+2]. The summed E-state index contributed by atoms with van der Waals surface area (Å²) in [5.74, 6) is 0.560. The second kappa shape index (κ2) is 8.82. The van der Waals surface area contributed by atoms with Crippen molar-refractivity contribution in [2.45, 2.75) is 34.1 Å². The summed E-state index contributed by atoms with van der Waals surface area (Å²) in [5, 5.41) is 0. The van der Waals surface area contributed by atoms with E-state index in [4.69, 9.17) is 0 Å². The Kier molecular flexibility index (Phi) is 8.66. The third-order valence-electron chi connectivity index (χ3n) is 2.82. The van der Waals surface area contributed by atoms with Crippen molar-refractivity contribution < 1.29 is 24.2 Å². The molecular formula is C15H20Zr. The zero-order valence-electron chi connectivity index (χ0n) is 10.7. The van der Waals surface area contributed by atoms with Gasteiger partial charge in [-0.05, 0) is 0 Å². The first-order valence-corrected chi connectivity index (χ1v) is 7.21. The van der Waals surface area contributed by atoms with Gasteiger partial charge in [0.1, 0.15) is 0 Å². The van der Waals surface area contributed by atoms with Gasteiger partial charge in [-0.3, -0.25) is 12.2 Å². The van der Waals surface area contributed by atoms with Gasteiger partial charge in [0.25, 0.3) is 0 Å². The average molecular weight is 292 g/mol. The average Bonchev–Trinajstić information content (AvgIpc) is 2.93. The Morgan fingerprint density at radius 3 is 2.06 bits per heavy atom. The van der Waals surface area contributed by atoms with Crippen LogP contribution < -0.4 is 0 Å². The molecule has 0 nitrogen and oxygen atoms in total. The molecule has 1 atom stereocenters. The molecule has 0 aromatic carbocycles. The first-order valence-electron chi connectivity index (χ1n) is 5.48. The van der Waals surface area contributed by atoms with Crippen molar-refractivity contribution in [2.75, 3.05) is 0 Å². The summed E-state index contributed by atoms with van der Waals surface area (Å²) in [6.45, 7) is 8.67. The van der Waals surface area contributed by atoms with Crippen LogP contribution in [0, 0.1) is 18.1 Å². The van der Waals surface area contributed by atoms with Crippen molar-refractivity contribution in [1.29, 1.82) is 0 Å². The third kappa shape index (κ3) is 5.17. The molecular weight excluding hydrogens is 271 g/mol. The maximum atomic E-state index is 3.36. The zero-order chi connectivity index (χ0) is 12.6. The van der Waals surface area contributed by atoms with Crippen molar-refractivity contribution in [3.05, 3.63) is 47.1 Å². The molecule has 0 spiro atoms. The zero-order valence-corrected chi connectivity index (χ0v) is 13.2. The third-order valence-corrected chi connectivity index (χ3v) is 2.82. The molecule has 0 N–H and O–H groups in total. The topological polar surface area (TPSA) is 0 Å². The van der Waals surface area contributed by atoms with Gasteiger partial charge >= 0.3 is 28.4 Å². The Hall–Kier alpha value is -0.287. The quantitative estimate of drug-likeness (QED) is 0.592. The van der Waals surface area contributed by atoms with Crippen LogP contribution in [0.1, 0.15) is 34.1 Å². The molecule has 0 bridgehead atoms. The van der Waals surface area contributed by atoms with Gasteiger partial charge in [0.2, 0.25) is 0 Å². The van der Waals surface area contributed by atoms with E-state index >= 15 is 0 Å². The second-order valence-corrected chi connectivity index (χ2v) is 3.80. The molecule has 16 heavy (non-hydrogen) atoms. The van der Waals surface area contributed by atoms with Gasteiger partial charge in [0, 0.05) is 0 Å². The summed E-state index contributed by atoms with van der Waals surface area (Å²) in [6, 6.07) is 0. The van der Waals surface area contributed by atoms with E-state index in [1.807, 2.05) is 12.2 Å². The molecule has 0 saturated carbocycles. The van der Waals surface area contributed by atoms with Gasteiger partial charge in [-0.25, -0.2) is 17.7 Å². The van der Waals surface area contributed by atoms with E-state index in [0.29, 0.717) is 5.92 Å². The Balaban J connectivity index is 0.000000272. The van der Waals surface area contributed by atoms with Crippen molar-refractivity contribution in [1.82, 2.24) is 0 Å². The Bertz CT molecular complexity index is 319. The minimum atomic E-state index is 0.560. The van der Waals surface area contributed by atoms with Gasteiger partial charge in [0.05, 0.1) is 0 Å². The number of hydrogen-bond acceptors (Lipinski definition) is 0. The van der Waals surface area contributed by atoms with Crippen LogP contribution in [0.5, 0.6) is 0 Å². The molecule has 0 radical (unpaired) electrons. The predicted molar refractivity (Wildman–Crippen MR) is 68.7 cm³/mol. The number of hydrogen-bond donors (Lipinski definition) is 0. The van der Waals surface area contributed by atoms with Crippen LogP contribution >= 0.6 is 0 Å². The number of rotatable bonds is 0. The molecule has 1 heteroatoms. The van der Waals surface area contributed by atoms with E-state index in [-0.39, 0.29) is 0 Å². The van der Waals surface area contributed by atoms with Crippen LogP contribution in [0.4, 0.5) is 0 Å². The van der Waals surface area contributed by atoms with E-state index in [0.717, 1.165) is 6.42 Å². The minimum absolute atomic E-state index is 0.560. The van der Waals surface area contributed by atoms with Crippen LogP contribution in [0.3, 0.4) is 0 Å². The normalized spacial score (nSPS) is 21.1. The summed E-state index contributed by atoms with van der Waals surface area (Å²) in [4.78, 5) is 0. The fourth-order valence-corrected chi connectivity index (χ4v) is 1.50. The molecule has 84 valence electrons. The molecule has 2 aliphatic carbocycles. The maximum absolute atomic E-state index is 3.36. The molecule has 2 aliphatic rings. The van der Waals surface area contributed by atoms with Crippen LogP contribution in [0.15, 0.2) is 34.9 Å². The van der Waals surface area contributed by atoms with Gasteiger partial charge in [0.15, 0.2) is 0 Å². The van der Waals surface area contributed by atoms with Gasteiger partial charge in [-0.2, -0.15) is 17.2 Å². The van der Waals surface area contributed by atoms with E-state index in [2.05, 4.69) is 50.1 Å². The van der Waals surface area contributed by atoms with Gasteiger partial charge in [-0.15, -0.1) is 13.3 Å². The summed E-state index contributed by atoms with van der Waals surface area (Å²) in [5.41, 5.74) is 4.25. The molecule has 0 fully saturated rings. The van der Waals surface area contributed by atoms with Crippen LogP contribution in [-0.2, 0) is 24.2 Å². The summed E-state index contributed by atoms with van der Waals surface area (Å²) in [7, 11) is 0. The monoisotopic (exact) mass is 290 g/mol. The van der Waals surface area contributed by atoms with E-state index in [1.165, 1.54) is 41.0 Å². The molecule has 0 aliphatic heterocycles. The van der Waals surface area contributed by atoms with Crippen LogP contribution in [0.25, 0.3) is 0 Å². The summed E-state index contributed by atoms with van der Waals surface area (Å²) >= 11 is 1.30. The van der Waals surface area contributed by atoms with Crippen molar-refractivity contribution in [3.8, 4) is 0 Å². The second-order valence-electron chi connectivity index (χ2n) is 3.80. The molecule has 0 heterocycles. The molecule has 0 aromatic heterocycles. The molecule has 0 saturated heterocycles. The first-order chi connectivity index (χ1) is 7.63. The van der Waals surface area contributed by atoms with E-state index < -0.39 is 0 Å². The fraction of sp³-hybridized carbons (Fsp3) is 0.400. The molecule has 0 amide bonds. The summed E-state index contributed by atoms with van der Waals surface area (Å²) < 4.78 is 3.34. The van der Waals surface area contributed by atoms with Gasteiger partial charge in [-0.1, -0.05) is 26.7 Å². The van der Waals surface area contributed by atoms with E-state index in [1.54, 1.807) is 0 Å². The van der Waals surface area contributed by atoms with Gasteiger partial charge < -0.3 is 0 Å². The molecule has 1 unspecified atom stereocenters.